The monoisotopic (exact) mass is 566 g/mol. The smallest absolute Gasteiger partial charge is 0.418 e. The van der Waals surface area contributed by atoms with Gasteiger partial charge in [-0.25, -0.2) is 0 Å². The van der Waals surface area contributed by atoms with Crippen LogP contribution in [0.15, 0.2) is 66.9 Å². The Morgan fingerprint density at radius 2 is 1.71 bits per heavy atom. The van der Waals surface area contributed by atoms with Crippen molar-refractivity contribution < 1.29 is 32.2 Å². The number of pyridine rings is 1. The largest absolute Gasteiger partial charge is 0.493 e. The lowest BCUT2D eigenvalue weighted by molar-refractivity contribution is -0.137. The van der Waals surface area contributed by atoms with Crippen LogP contribution in [0.2, 0.25) is 0 Å². The Morgan fingerprint density at radius 3 is 2.41 bits per heavy atom. The van der Waals surface area contributed by atoms with Crippen LogP contribution < -0.4 is 30.2 Å². The van der Waals surface area contributed by atoms with Gasteiger partial charge in [0.25, 0.3) is 5.91 Å². The van der Waals surface area contributed by atoms with E-state index in [9.17, 15) is 18.0 Å². The summed E-state index contributed by atoms with van der Waals surface area (Å²) in [4.78, 5) is 19.0. The first kappa shape index (κ1) is 28.0. The number of aromatic nitrogens is 1. The van der Waals surface area contributed by atoms with Crippen molar-refractivity contribution in [1.82, 2.24) is 4.98 Å². The van der Waals surface area contributed by atoms with Gasteiger partial charge in [0.1, 0.15) is 11.5 Å². The number of nitrogens with zero attached hydrogens (tertiary/aromatic N) is 2. The van der Waals surface area contributed by atoms with Crippen molar-refractivity contribution >= 4 is 28.2 Å². The molecule has 0 spiro atoms. The first-order valence-electron chi connectivity index (χ1n) is 13.0. The van der Waals surface area contributed by atoms with Gasteiger partial charge in [-0.3, -0.25) is 9.78 Å². The van der Waals surface area contributed by atoms with Gasteiger partial charge < -0.3 is 30.2 Å². The van der Waals surface area contributed by atoms with E-state index in [4.69, 9.17) is 19.9 Å². The highest BCUT2D eigenvalue weighted by Crippen LogP contribution is 2.39. The van der Waals surface area contributed by atoms with E-state index in [0.29, 0.717) is 65.5 Å². The molecule has 11 heteroatoms. The molecule has 8 nitrogen and oxygen atoms in total. The van der Waals surface area contributed by atoms with Gasteiger partial charge in [0.15, 0.2) is 11.5 Å². The number of ether oxygens (including phenoxy) is 3. The van der Waals surface area contributed by atoms with Crippen LogP contribution in [0.3, 0.4) is 0 Å². The van der Waals surface area contributed by atoms with Crippen LogP contribution in [0.5, 0.6) is 23.0 Å². The minimum atomic E-state index is -4.63. The van der Waals surface area contributed by atoms with Gasteiger partial charge in [-0.2, -0.15) is 13.2 Å². The van der Waals surface area contributed by atoms with Crippen LogP contribution in [0.4, 0.5) is 24.5 Å². The van der Waals surface area contributed by atoms with Crippen molar-refractivity contribution in [1.29, 1.82) is 0 Å². The fourth-order valence-electron chi connectivity index (χ4n) is 4.82. The summed E-state index contributed by atoms with van der Waals surface area (Å²) in [5.74, 6) is 1.25. The van der Waals surface area contributed by atoms with E-state index >= 15 is 0 Å². The summed E-state index contributed by atoms with van der Waals surface area (Å²) in [6.45, 7) is 0.853. The lowest BCUT2D eigenvalue weighted by atomic mass is 10.0. The summed E-state index contributed by atoms with van der Waals surface area (Å²) >= 11 is 0. The number of halogens is 3. The van der Waals surface area contributed by atoms with Gasteiger partial charge in [0.05, 0.1) is 25.3 Å². The summed E-state index contributed by atoms with van der Waals surface area (Å²) in [7, 11) is 3.06. The maximum Gasteiger partial charge on any atom is 0.418 e. The van der Waals surface area contributed by atoms with E-state index in [1.54, 1.807) is 53.6 Å². The Hall–Kier alpha value is -4.51. The second-order valence-electron chi connectivity index (χ2n) is 9.67. The van der Waals surface area contributed by atoms with Gasteiger partial charge in [-0.1, -0.05) is 6.07 Å². The number of piperidine rings is 1. The number of alkyl halides is 3. The lowest BCUT2D eigenvalue weighted by Gasteiger charge is -2.33. The van der Waals surface area contributed by atoms with Gasteiger partial charge in [-0.15, -0.1) is 0 Å². The Balaban J connectivity index is 1.37. The van der Waals surface area contributed by atoms with Crippen molar-refractivity contribution in [2.45, 2.75) is 25.1 Å². The molecule has 4 aromatic rings. The predicted octanol–water partition coefficient (Wildman–Crippen LogP) is 6.24. The normalized spacial score (nSPS) is 14.1. The molecule has 0 unspecified atom stereocenters. The van der Waals surface area contributed by atoms with Crippen LogP contribution in [-0.2, 0) is 6.18 Å². The molecule has 0 radical (unpaired) electrons. The van der Waals surface area contributed by atoms with Crippen LogP contribution in [0, 0.1) is 0 Å². The molecule has 1 amide bonds. The number of anilines is 2. The molecule has 3 aromatic carbocycles. The van der Waals surface area contributed by atoms with Gasteiger partial charge in [-0.05, 0) is 55.3 Å². The molecule has 1 fully saturated rings. The number of nitrogens with two attached hydrogens (primary N) is 1. The average Bonchev–Trinajstić information content (AvgIpc) is 2.96. The van der Waals surface area contributed by atoms with Gasteiger partial charge >= 0.3 is 6.18 Å². The van der Waals surface area contributed by atoms with E-state index in [2.05, 4.69) is 10.3 Å². The molecule has 1 aromatic heterocycles. The standard InChI is InChI=1S/C30H29F3N4O4/c1-39-27-16-22-24(17-28(27)40-2)35-11-8-26(22)41-21-5-3-4-20(15-21)36-29(38)18-6-7-25(23(14-18)30(31,32)33)37-12-9-19(34)10-13-37/h3-8,11,14-17,19H,9-10,12-13,34H2,1-2H3,(H,36,38). The molecular weight excluding hydrogens is 537 g/mol. The average molecular weight is 567 g/mol. The van der Waals surface area contributed by atoms with Crippen molar-refractivity contribution in [2.75, 3.05) is 37.5 Å². The number of benzene rings is 3. The number of methoxy groups -OCH3 is 2. The van der Waals surface area contributed by atoms with E-state index in [1.807, 2.05) is 0 Å². The Labute approximate surface area is 234 Å². The zero-order valence-corrected chi connectivity index (χ0v) is 22.5. The van der Waals surface area contributed by atoms with E-state index < -0.39 is 17.6 Å². The minimum Gasteiger partial charge on any atom is -0.493 e. The fourth-order valence-corrected chi connectivity index (χ4v) is 4.82. The summed E-state index contributed by atoms with van der Waals surface area (Å²) in [5, 5.41) is 3.35. The number of carbonyl (C=O) groups is 1. The number of hydrogen-bond donors (Lipinski definition) is 2. The topological polar surface area (TPSA) is 98.9 Å². The zero-order chi connectivity index (χ0) is 29.1. The molecule has 2 heterocycles. The maximum absolute atomic E-state index is 14.0. The number of nitrogens with one attached hydrogen (secondary N) is 1. The molecule has 0 atom stereocenters. The molecule has 0 bridgehead atoms. The Kier molecular flexibility index (Phi) is 7.89. The van der Waals surface area contributed by atoms with E-state index in [1.165, 1.54) is 26.4 Å². The zero-order valence-electron chi connectivity index (χ0n) is 22.5. The van der Waals surface area contributed by atoms with Crippen molar-refractivity contribution in [3.05, 3.63) is 78.0 Å². The third-order valence-electron chi connectivity index (χ3n) is 6.97. The lowest BCUT2D eigenvalue weighted by Crippen LogP contribution is -2.40. The number of hydrogen-bond acceptors (Lipinski definition) is 7. The number of amides is 1. The summed E-state index contributed by atoms with van der Waals surface area (Å²) in [6, 6.07) is 15.4. The second-order valence-corrected chi connectivity index (χ2v) is 9.67. The second kappa shape index (κ2) is 11.5. The summed E-state index contributed by atoms with van der Waals surface area (Å²) in [6.07, 6.45) is -1.82. The third kappa shape index (κ3) is 6.14. The molecule has 214 valence electrons. The highest BCUT2D eigenvalue weighted by molar-refractivity contribution is 6.04. The van der Waals surface area contributed by atoms with Crippen LogP contribution in [-0.4, -0.2) is 44.2 Å². The molecule has 0 aliphatic carbocycles. The first-order valence-corrected chi connectivity index (χ1v) is 13.0. The SMILES string of the molecule is COc1cc2nccc(Oc3cccc(NC(=O)c4ccc(N5CCC(N)CC5)c(C(F)(F)F)c4)c3)c2cc1OC. The molecule has 41 heavy (non-hydrogen) atoms. The number of rotatable bonds is 7. The van der Waals surface area contributed by atoms with Crippen LogP contribution >= 0.6 is 0 Å². The van der Waals surface area contributed by atoms with E-state index in [0.717, 1.165) is 6.07 Å². The highest BCUT2D eigenvalue weighted by atomic mass is 19.4. The fraction of sp³-hybridized carbons (Fsp3) is 0.267. The first-order chi connectivity index (χ1) is 19.7. The maximum atomic E-state index is 14.0. The molecule has 1 saturated heterocycles. The predicted molar refractivity (Wildman–Crippen MR) is 150 cm³/mol. The van der Waals surface area contributed by atoms with Crippen molar-refractivity contribution in [3.8, 4) is 23.0 Å². The highest BCUT2D eigenvalue weighted by Gasteiger charge is 2.36. The third-order valence-corrected chi connectivity index (χ3v) is 6.97. The molecular formula is C30H29F3N4O4. The van der Waals surface area contributed by atoms with Crippen molar-refractivity contribution in [2.24, 2.45) is 5.73 Å². The molecule has 0 saturated carbocycles. The molecule has 3 N–H and O–H groups in total. The van der Waals surface area contributed by atoms with Gasteiger partial charge in [0, 0.05) is 59.8 Å². The summed E-state index contributed by atoms with van der Waals surface area (Å²) in [5.41, 5.74) is 5.98. The molecule has 1 aliphatic rings. The van der Waals surface area contributed by atoms with Crippen LogP contribution in [0.1, 0.15) is 28.8 Å². The Morgan fingerprint density at radius 1 is 0.976 bits per heavy atom. The quantitative estimate of drug-likeness (QED) is 0.273. The van der Waals surface area contributed by atoms with Crippen LogP contribution in [0.25, 0.3) is 10.9 Å². The van der Waals surface area contributed by atoms with Crippen molar-refractivity contribution in [3.63, 3.8) is 0 Å². The van der Waals surface area contributed by atoms with Gasteiger partial charge in [0.2, 0.25) is 0 Å². The Bertz CT molecular complexity index is 1570. The minimum absolute atomic E-state index is 0.0194. The van der Waals surface area contributed by atoms with E-state index in [-0.39, 0.29) is 17.3 Å². The number of fused-ring (bicyclic) bond motifs is 1. The molecule has 1 aliphatic heterocycles. The summed E-state index contributed by atoms with van der Waals surface area (Å²) < 4.78 is 58.8. The molecule has 5 rings (SSSR count). The number of carbonyl (C=O) groups excluding carboxylic acids is 1.